The molecule has 8 nitrogen and oxygen atoms in total. The van der Waals surface area contributed by atoms with Gasteiger partial charge in [-0.05, 0) is 56.4 Å². The number of carbonyl (C=O) groups is 2. The number of anilines is 1. The number of carbonyl (C=O) groups excluding carboxylic acids is 2. The average molecular weight is 489 g/mol. The number of nitrogens with zero attached hydrogens (tertiary/aromatic N) is 3. The first-order chi connectivity index (χ1) is 16.1. The van der Waals surface area contributed by atoms with Crippen LogP contribution in [0.1, 0.15) is 62.1 Å². The van der Waals surface area contributed by atoms with E-state index in [1.807, 2.05) is 17.9 Å². The van der Waals surface area contributed by atoms with E-state index in [0.717, 1.165) is 56.2 Å². The number of rotatable bonds is 8. The summed E-state index contributed by atoms with van der Waals surface area (Å²) in [5.74, 6) is 0.192. The molecule has 1 unspecified atom stereocenters. The van der Waals surface area contributed by atoms with E-state index in [4.69, 9.17) is 0 Å². The van der Waals surface area contributed by atoms with Crippen molar-refractivity contribution in [3.8, 4) is 6.07 Å². The molecule has 1 aliphatic carbocycles. The predicted octanol–water partition coefficient (Wildman–Crippen LogP) is 2.85. The molecule has 34 heavy (non-hydrogen) atoms. The van der Waals surface area contributed by atoms with E-state index in [1.54, 1.807) is 6.07 Å². The standard InChI is InChI=1S/C25H36N4O4S/c1-18-16-28(10-11-29(18)25(31)21-7-4-5-8-21)17-22-13-20(15-26)14-23(19(22)2)27-24(30)9-6-12-34(3,32)33/h13-14,18,21H,4-12,16-17H2,1-3H3,(H,27,30). The van der Waals surface area contributed by atoms with Crippen molar-refractivity contribution < 1.29 is 18.0 Å². The first-order valence-corrected chi connectivity index (χ1v) is 14.2. The normalized spacial score (nSPS) is 19.7. The van der Waals surface area contributed by atoms with Crippen LogP contribution < -0.4 is 5.32 Å². The minimum Gasteiger partial charge on any atom is -0.337 e. The van der Waals surface area contributed by atoms with E-state index in [0.29, 0.717) is 30.2 Å². The summed E-state index contributed by atoms with van der Waals surface area (Å²) in [5, 5.41) is 12.4. The summed E-state index contributed by atoms with van der Waals surface area (Å²) in [5.41, 5.74) is 2.91. The van der Waals surface area contributed by atoms with Crippen molar-refractivity contribution >= 4 is 27.3 Å². The van der Waals surface area contributed by atoms with Gasteiger partial charge in [-0.3, -0.25) is 14.5 Å². The van der Waals surface area contributed by atoms with Crippen molar-refractivity contribution in [2.45, 2.75) is 65.0 Å². The van der Waals surface area contributed by atoms with Crippen LogP contribution in [0.2, 0.25) is 0 Å². The second kappa shape index (κ2) is 11.3. The molecule has 1 saturated heterocycles. The largest absolute Gasteiger partial charge is 0.337 e. The monoisotopic (exact) mass is 488 g/mol. The predicted molar refractivity (Wildman–Crippen MR) is 132 cm³/mol. The van der Waals surface area contributed by atoms with Crippen LogP contribution in [-0.2, 0) is 26.0 Å². The van der Waals surface area contributed by atoms with Crippen molar-refractivity contribution in [2.75, 3.05) is 37.0 Å². The first kappa shape index (κ1) is 26.2. The van der Waals surface area contributed by atoms with Crippen LogP contribution in [0.4, 0.5) is 5.69 Å². The molecule has 0 spiro atoms. The van der Waals surface area contributed by atoms with Crippen LogP contribution >= 0.6 is 0 Å². The van der Waals surface area contributed by atoms with Gasteiger partial charge < -0.3 is 10.2 Å². The Balaban J connectivity index is 1.64. The van der Waals surface area contributed by atoms with Crippen molar-refractivity contribution in [1.82, 2.24) is 9.80 Å². The van der Waals surface area contributed by atoms with Gasteiger partial charge in [0.05, 0.1) is 17.4 Å². The van der Waals surface area contributed by atoms with Gasteiger partial charge in [-0.2, -0.15) is 5.26 Å². The number of hydrogen-bond acceptors (Lipinski definition) is 6. The summed E-state index contributed by atoms with van der Waals surface area (Å²) in [7, 11) is -3.11. The third-order valence-electron chi connectivity index (χ3n) is 6.93. The number of sulfone groups is 1. The van der Waals surface area contributed by atoms with Gasteiger partial charge in [0, 0.05) is 56.5 Å². The number of amides is 2. The van der Waals surface area contributed by atoms with Gasteiger partial charge in [-0.15, -0.1) is 0 Å². The summed E-state index contributed by atoms with van der Waals surface area (Å²) in [6, 6.07) is 5.82. The van der Waals surface area contributed by atoms with E-state index in [1.165, 1.54) is 0 Å². The molecule has 3 rings (SSSR count). The molecule has 0 aromatic heterocycles. The molecule has 1 atom stereocenters. The van der Waals surface area contributed by atoms with Crippen LogP contribution in [0.3, 0.4) is 0 Å². The van der Waals surface area contributed by atoms with Crippen molar-refractivity contribution in [1.29, 1.82) is 5.26 Å². The van der Waals surface area contributed by atoms with Crippen LogP contribution in [0.5, 0.6) is 0 Å². The second-order valence-corrected chi connectivity index (χ2v) is 12.1. The Bertz CT molecular complexity index is 1060. The zero-order chi connectivity index (χ0) is 24.9. The summed E-state index contributed by atoms with van der Waals surface area (Å²) < 4.78 is 22.6. The lowest BCUT2D eigenvalue weighted by Crippen LogP contribution is -2.54. The van der Waals surface area contributed by atoms with Gasteiger partial charge in [0.15, 0.2) is 0 Å². The minimum atomic E-state index is -3.11. The molecule has 1 aromatic carbocycles. The molecule has 186 valence electrons. The first-order valence-electron chi connectivity index (χ1n) is 12.1. The maximum absolute atomic E-state index is 12.9. The lowest BCUT2D eigenvalue weighted by Gasteiger charge is -2.41. The lowest BCUT2D eigenvalue weighted by atomic mass is 10.0. The Morgan fingerprint density at radius 2 is 1.91 bits per heavy atom. The molecule has 2 aliphatic rings. The fourth-order valence-corrected chi connectivity index (χ4v) is 5.66. The molecular weight excluding hydrogens is 452 g/mol. The molecule has 1 aromatic rings. The Kier molecular flexibility index (Phi) is 8.72. The smallest absolute Gasteiger partial charge is 0.226 e. The quantitative estimate of drug-likeness (QED) is 0.602. The highest BCUT2D eigenvalue weighted by Crippen LogP contribution is 2.29. The summed E-state index contributed by atoms with van der Waals surface area (Å²) in [4.78, 5) is 29.6. The zero-order valence-corrected chi connectivity index (χ0v) is 21.3. The van der Waals surface area contributed by atoms with Crippen molar-refractivity contribution in [3.05, 3.63) is 28.8 Å². The van der Waals surface area contributed by atoms with Crippen LogP contribution in [-0.4, -0.2) is 67.7 Å². The van der Waals surface area contributed by atoms with Gasteiger partial charge in [-0.1, -0.05) is 12.8 Å². The molecule has 0 bridgehead atoms. The highest BCUT2D eigenvalue weighted by Gasteiger charge is 2.33. The number of piperazine rings is 1. The number of nitriles is 1. The SMILES string of the molecule is Cc1c(CN2CCN(C(=O)C3CCCC3)C(C)C2)cc(C#N)cc1NC(=O)CCCS(C)(=O)=O. The molecule has 1 aliphatic heterocycles. The Morgan fingerprint density at radius 3 is 2.53 bits per heavy atom. The Hall–Kier alpha value is -2.44. The van der Waals surface area contributed by atoms with Gasteiger partial charge >= 0.3 is 0 Å². The molecule has 2 fully saturated rings. The van der Waals surface area contributed by atoms with E-state index in [2.05, 4.69) is 23.2 Å². The topological polar surface area (TPSA) is 111 Å². The summed E-state index contributed by atoms with van der Waals surface area (Å²) >= 11 is 0. The molecule has 2 amide bonds. The van der Waals surface area contributed by atoms with E-state index in [9.17, 15) is 23.3 Å². The Morgan fingerprint density at radius 1 is 1.21 bits per heavy atom. The maximum Gasteiger partial charge on any atom is 0.226 e. The van der Waals surface area contributed by atoms with Crippen molar-refractivity contribution in [2.24, 2.45) is 5.92 Å². The zero-order valence-electron chi connectivity index (χ0n) is 20.5. The third kappa shape index (κ3) is 7.03. The fourth-order valence-electron chi connectivity index (χ4n) is 4.99. The van der Waals surface area contributed by atoms with Gasteiger partial charge in [0.1, 0.15) is 9.84 Å². The fraction of sp³-hybridized carbons (Fsp3) is 0.640. The van der Waals surface area contributed by atoms with Crippen LogP contribution in [0.25, 0.3) is 0 Å². The van der Waals surface area contributed by atoms with Gasteiger partial charge in [0.2, 0.25) is 11.8 Å². The van der Waals surface area contributed by atoms with E-state index in [-0.39, 0.29) is 36.5 Å². The molecular formula is C25H36N4O4S. The summed E-state index contributed by atoms with van der Waals surface area (Å²) in [6.07, 6.45) is 5.83. The van der Waals surface area contributed by atoms with Gasteiger partial charge in [0.25, 0.3) is 0 Å². The van der Waals surface area contributed by atoms with Gasteiger partial charge in [-0.25, -0.2) is 8.42 Å². The minimum absolute atomic E-state index is 0.0314. The summed E-state index contributed by atoms with van der Waals surface area (Å²) in [6.45, 7) is 6.89. The molecule has 1 heterocycles. The molecule has 1 saturated carbocycles. The van der Waals surface area contributed by atoms with E-state index < -0.39 is 9.84 Å². The lowest BCUT2D eigenvalue weighted by molar-refractivity contribution is -0.140. The van der Waals surface area contributed by atoms with Crippen LogP contribution in [0, 0.1) is 24.2 Å². The highest BCUT2D eigenvalue weighted by atomic mass is 32.2. The molecule has 0 radical (unpaired) electrons. The number of nitrogens with one attached hydrogen (secondary N) is 1. The van der Waals surface area contributed by atoms with Crippen molar-refractivity contribution in [3.63, 3.8) is 0 Å². The second-order valence-electron chi connectivity index (χ2n) is 9.80. The van der Waals surface area contributed by atoms with Crippen LogP contribution in [0.15, 0.2) is 12.1 Å². The molecule has 9 heteroatoms. The Labute approximate surface area is 203 Å². The highest BCUT2D eigenvalue weighted by molar-refractivity contribution is 7.90. The third-order valence-corrected chi connectivity index (χ3v) is 7.96. The molecule has 1 N–H and O–H groups in total. The maximum atomic E-state index is 12.9. The van der Waals surface area contributed by atoms with E-state index >= 15 is 0 Å². The number of hydrogen-bond donors (Lipinski definition) is 1. The average Bonchev–Trinajstić information content (AvgIpc) is 3.30. The number of benzene rings is 1.